The second-order valence-corrected chi connectivity index (χ2v) is 7.18. The monoisotopic (exact) mass is 425 g/mol. The van der Waals surface area contributed by atoms with E-state index in [0.717, 1.165) is 22.6 Å². The third-order valence-electron chi connectivity index (χ3n) is 4.86. The molecule has 0 saturated heterocycles. The molecule has 0 saturated carbocycles. The molecule has 0 bridgehead atoms. The van der Waals surface area contributed by atoms with Gasteiger partial charge in [-0.1, -0.05) is 11.6 Å². The zero-order chi connectivity index (χ0) is 21.3. The van der Waals surface area contributed by atoms with Gasteiger partial charge in [0.2, 0.25) is 6.79 Å². The van der Waals surface area contributed by atoms with Gasteiger partial charge >= 0.3 is 0 Å². The lowest BCUT2D eigenvalue weighted by molar-refractivity contribution is 0.0954. The van der Waals surface area contributed by atoms with Crippen LogP contribution in [0.2, 0.25) is 5.02 Å². The molecule has 0 aliphatic carbocycles. The Morgan fingerprint density at radius 1 is 1.17 bits per heavy atom. The number of nitrogens with zero attached hydrogens (tertiary/aromatic N) is 2. The maximum atomic E-state index is 12.4. The van der Waals surface area contributed by atoms with Crippen LogP contribution >= 0.6 is 11.6 Å². The maximum absolute atomic E-state index is 12.4. The Bertz CT molecular complexity index is 1150. The molecule has 30 heavy (non-hydrogen) atoms. The molecule has 2 aromatic carbocycles. The lowest BCUT2D eigenvalue weighted by atomic mass is 10.2. The van der Waals surface area contributed by atoms with Crippen LogP contribution in [0.3, 0.4) is 0 Å². The van der Waals surface area contributed by atoms with E-state index in [4.69, 9.17) is 25.8 Å². The molecule has 1 amide bonds. The van der Waals surface area contributed by atoms with E-state index < -0.39 is 0 Å². The Hall–Kier alpha value is -3.45. The number of carbonyl (C=O) groups excluding carboxylic acids is 1. The molecule has 8 heteroatoms. The average Bonchev–Trinajstić information content (AvgIpc) is 3.31. The minimum absolute atomic E-state index is 0.158. The lowest BCUT2D eigenvalue weighted by Crippen LogP contribution is -2.17. The van der Waals surface area contributed by atoms with Gasteiger partial charge in [0.05, 0.1) is 19.0 Å². The summed E-state index contributed by atoms with van der Waals surface area (Å²) in [4.78, 5) is 12.4. The van der Waals surface area contributed by atoms with Crippen LogP contribution in [0, 0.1) is 13.8 Å². The standard InChI is InChI=1S/C22H20ClN3O4/c1-13-8-16(14(2)26(13)18-10-17(23)5-7-19(18)28-3)11-24-25-22(27)15-4-6-20-21(9-15)30-12-29-20/h4-11H,12H2,1-3H3,(H,25,27)/b24-11-. The summed E-state index contributed by atoms with van der Waals surface area (Å²) in [6, 6.07) is 12.4. The van der Waals surface area contributed by atoms with Crippen LogP contribution in [0.15, 0.2) is 47.6 Å². The summed E-state index contributed by atoms with van der Waals surface area (Å²) < 4.78 is 18.1. The van der Waals surface area contributed by atoms with Gasteiger partial charge in [0.25, 0.3) is 5.91 Å². The number of hydrazone groups is 1. The summed E-state index contributed by atoms with van der Waals surface area (Å²) in [5.74, 6) is 1.54. The second kappa shape index (κ2) is 8.12. The molecule has 7 nitrogen and oxygen atoms in total. The third-order valence-corrected chi connectivity index (χ3v) is 5.09. The van der Waals surface area contributed by atoms with Gasteiger partial charge in [0.15, 0.2) is 11.5 Å². The number of fused-ring (bicyclic) bond motifs is 1. The quantitative estimate of drug-likeness (QED) is 0.490. The van der Waals surface area contributed by atoms with Crippen molar-refractivity contribution >= 4 is 23.7 Å². The van der Waals surface area contributed by atoms with Crippen LogP contribution < -0.4 is 19.6 Å². The molecule has 0 unspecified atom stereocenters. The molecule has 0 radical (unpaired) electrons. The van der Waals surface area contributed by atoms with E-state index in [2.05, 4.69) is 10.5 Å². The van der Waals surface area contributed by atoms with E-state index >= 15 is 0 Å². The number of hydrogen-bond acceptors (Lipinski definition) is 5. The first-order valence-corrected chi connectivity index (χ1v) is 9.61. The van der Waals surface area contributed by atoms with Crippen molar-refractivity contribution < 1.29 is 19.0 Å². The summed E-state index contributed by atoms with van der Waals surface area (Å²) in [5, 5.41) is 4.73. The average molecular weight is 426 g/mol. The predicted molar refractivity (Wildman–Crippen MR) is 114 cm³/mol. The normalized spacial score (nSPS) is 12.4. The Morgan fingerprint density at radius 3 is 2.77 bits per heavy atom. The topological polar surface area (TPSA) is 74.1 Å². The molecule has 1 aromatic heterocycles. The summed E-state index contributed by atoms with van der Waals surface area (Å²) in [5.41, 5.74) is 6.60. The van der Waals surface area contributed by atoms with Gasteiger partial charge in [0.1, 0.15) is 5.75 Å². The zero-order valence-corrected chi connectivity index (χ0v) is 17.5. The minimum atomic E-state index is -0.338. The van der Waals surface area contributed by atoms with Gasteiger partial charge in [-0.2, -0.15) is 5.10 Å². The van der Waals surface area contributed by atoms with E-state index in [9.17, 15) is 4.79 Å². The van der Waals surface area contributed by atoms with E-state index in [1.165, 1.54) is 0 Å². The van der Waals surface area contributed by atoms with E-state index in [0.29, 0.717) is 27.8 Å². The van der Waals surface area contributed by atoms with Crippen molar-refractivity contribution in [3.8, 4) is 22.9 Å². The molecule has 0 fully saturated rings. The van der Waals surface area contributed by atoms with Crippen LogP contribution in [-0.2, 0) is 0 Å². The highest BCUT2D eigenvalue weighted by Gasteiger charge is 2.16. The van der Waals surface area contributed by atoms with Crippen molar-refractivity contribution in [3.63, 3.8) is 0 Å². The second-order valence-electron chi connectivity index (χ2n) is 6.75. The number of nitrogens with one attached hydrogen (secondary N) is 1. The molecular weight excluding hydrogens is 406 g/mol. The summed E-state index contributed by atoms with van der Waals surface area (Å²) in [7, 11) is 1.62. The Labute approximate surface area is 178 Å². The first-order chi connectivity index (χ1) is 14.5. The Kier molecular flexibility index (Phi) is 5.37. The fraction of sp³-hybridized carbons (Fsp3) is 0.182. The fourth-order valence-electron chi connectivity index (χ4n) is 3.39. The first kappa shape index (κ1) is 19.8. The van der Waals surface area contributed by atoms with Crippen LogP contribution in [-0.4, -0.2) is 30.6 Å². The largest absolute Gasteiger partial charge is 0.495 e. The zero-order valence-electron chi connectivity index (χ0n) is 16.7. The van der Waals surface area contributed by atoms with Gasteiger partial charge < -0.3 is 18.8 Å². The highest BCUT2D eigenvalue weighted by Crippen LogP contribution is 2.32. The van der Waals surface area contributed by atoms with E-state index in [1.807, 2.05) is 36.6 Å². The minimum Gasteiger partial charge on any atom is -0.495 e. The molecule has 2 heterocycles. The maximum Gasteiger partial charge on any atom is 0.271 e. The molecule has 154 valence electrons. The van der Waals surface area contributed by atoms with Gasteiger partial charge in [-0.3, -0.25) is 4.79 Å². The molecule has 4 rings (SSSR count). The predicted octanol–water partition coefficient (Wildman–Crippen LogP) is 4.25. The summed E-state index contributed by atoms with van der Waals surface area (Å²) in [6.07, 6.45) is 1.61. The number of rotatable bonds is 5. The number of methoxy groups -OCH3 is 1. The summed E-state index contributed by atoms with van der Waals surface area (Å²) >= 11 is 6.19. The van der Waals surface area contributed by atoms with Crippen LogP contribution in [0.1, 0.15) is 27.3 Å². The van der Waals surface area contributed by atoms with Gasteiger partial charge in [0, 0.05) is 27.5 Å². The number of amides is 1. The number of hydrogen-bond donors (Lipinski definition) is 1. The molecular formula is C22H20ClN3O4. The van der Waals surface area contributed by atoms with Crippen LogP contribution in [0.4, 0.5) is 0 Å². The first-order valence-electron chi connectivity index (χ1n) is 9.24. The van der Waals surface area contributed by atoms with Crippen molar-refractivity contribution in [1.82, 2.24) is 9.99 Å². The Morgan fingerprint density at radius 2 is 1.97 bits per heavy atom. The lowest BCUT2D eigenvalue weighted by Gasteiger charge is -2.14. The molecule has 1 aliphatic heterocycles. The van der Waals surface area contributed by atoms with Crippen molar-refractivity contribution in [3.05, 3.63) is 70.0 Å². The van der Waals surface area contributed by atoms with Gasteiger partial charge in [-0.15, -0.1) is 0 Å². The van der Waals surface area contributed by atoms with E-state index in [1.54, 1.807) is 37.6 Å². The highest BCUT2D eigenvalue weighted by atomic mass is 35.5. The van der Waals surface area contributed by atoms with Crippen LogP contribution in [0.5, 0.6) is 17.2 Å². The van der Waals surface area contributed by atoms with E-state index in [-0.39, 0.29) is 12.7 Å². The molecule has 1 N–H and O–H groups in total. The van der Waals surface area contributed by atoms with Gasteiger partial charge in [-0.05, 0) is 56.3 Å². The molecule has 0 atom stereocenters. The number of ether oxygens (including phenoxy) is 3. The van der Waals surface area contributed by atoms with Crippen molar-refractivity contribution in [2.75, 3.05) is 13.9 Å². The van der Waals surface area contributed by atoms with Crippen molar-refractivity contribution in [1.29, 1.82) is 0 Å². The van der Waals surface area contributed by atoms with Crippen LogP contribution in [0.25, 0.3) is 5.69 Å². The van der Waals surface area contributed by atoms with Crippen molar-refractivity contribution in [2.45, 2.75) is 13.8 Å². The fourth-order valence-corrected chi connectivity index (χ4v) is 3.56. The third kappa shape index (κ3) is 3.71. The molecule has 0 spiro atoms. The van der Waals surface area contributed by atoms with Gasteiger partial charge in [-0.25, -0.2) is 5.43 Å². The SMILES string of the molecule is COc1ccc(Cl)cc1-n1c(C)cc(/C=N\NC(=O)c2ccc3c(c2)OCO3)c1C. The Balaban J connectivity index is 1.55. The smallest absolute Gasteiger partial charge is 0.271 e. The molecule has 3 aromatic rings. The number of benzene rings is 2. The number of carbonyl (C=O) groups is 1. The van der Waals surface area contributed by atoms with Crippen molar-refractivity contribution in [2.24, 2.45) is 5.10 Å². The number of aryl methyl sites for hydroxylation is 1. The summed E-state index contributed by atoms with van der Waals surface area (Å²) in [6.45, 7) is 4.11. The molecule has 1 aliphatic rings. The number of halogens is 1. The highest BCUT2D eigenvalue weighted by molar-refractivity contribution is 6.30. The number of aromatic nitrogens is 1.